The van der Waals surface area contributed by atoms with Crippen molar-refractivity contribution in [2.24, 2.45) is 5.92 Å². The van der Waals surface area contributed by atoms with Gasteiger partial charge in [0.05, 0.1) is 0 Å². The second kappa shape index (κ2) is 5.80. The molecule has 0 amide bonds. The first-order chi connectivity index (χ1) is 9.62. The molecule has 1 saturated carbocycles. The van der Waals surface area contributed by atoms with Crippen LogP contribution in [0.3, 0.4) is 0 Å². The Morgan fingerprint density at radius 3 is 2.52 bits per heavy atom. The van der Waals surface area contributed by atoms with E-state index in [4.69, 9.17) is 4.43 Å². The van der Waals surface area contributed by atoms with Crippen LogP contribution < -0.4 is 0 Å². The molecule has 0 N–H and O–H groups in total. The summed E-state index contributed by atoms with van der Waals surface area (Å²) in [6.07, 6.45) is 1.76. The molecule has 0 aromatic heterocycles. The molecule has 1 aromatic rings. The molecular weight excluding hydrogens is 286 g/mol. The lowest BCUT2D eigenvalue weighted by atomic mass is 10.1. The highest BCUT2D eigenvalue weighted by Crippen LogP contribution is 2.49. The van der Waals surface area contributed by atoms with Gasteiger partial charge in [-0.15, -0.1) is 0 Å². The quantitative estimate of drug-likeness (QED) is 0.669. The highest BCUT2D eigenvalue weighted by molar-refractivity contribution is 6.74. The maximum absolute atomic E-state index is 13.7. The van der Waals surface area contributed by atoms with E-state index in [0.717, 1.165) is 24.8 Å². The van der Waals surface area contributed by atoms with Crippen molar-refractivity contribution < 1.29 is 13.2 Å². The molecule has 1 aliphatic rings. The zero-order valence-electron chi connectivity index (χ0n) is 13.6. The van der Waals surface area contributed by atoms with Crippen LogP contribution >= 0.6 is 0 Å². The van der Waals surface area contributed by atoms with Crippen LogP contribution in [-0.2, 0) is 4.43 Å². The van der Waals surface area contributed by atoms with Gasteiger partial charge in [-0.2, -0.15) is 0 Å². The number of rotatable bonds is 5. The van der Waals surface area contributed by atoms with Gasteiger partial charge in [0.25, 0.3) is 0 Å². The number of hydrogen-bond donors (Lipinski definition) is 0. The Bertz CT molecular complexity index is 508. The van der Waals surface area contributed by atoms with Gasteiger partial charge in [0, 0.05) is 12.5 Å². The van der Waals surface area contributed by atoms with Crippen molar-refractivity contribution in [2.45, 2.75) is 51.7 Å². The maximum Gasteiger partial charge on any atom is 0.191 e. The minimum absolute atomic E-state index is 0.206. The molecule has 1 atom stereocenters. The van der Waals surface area contributed by atoms with Crippen LogP contribution in [0, 0.1) is 23.5 Å². The number of halogens is 2. The molecule has 2 rings (SSSR count). The molecule has 117 valence electrons. The van der Waals surface area contributed by atoms with Crippen molar-refractivity contribution in [2.75, 3.05) is 6.61 Å². The smallest absolute Gasteiger partial charge is 0.191 e. The Labute approximate surface area is 127 Å². The van der Waals surface area contributed by atoms with Gasteiger partial charge in [0.1, 0.15) is 11.6 Å². The Hall–Kier alpha value is -0.743. The Morgan fingerprint density at radius 2 is 1.90 bits per heavy atom. The Kier molecular flexibility index (Phi) is 4.59. The van der Waals surface area contributed by atoms with E-state index in [1.807, 2.05) is 0 Å². The monoisotopic (exact) mass is 311 g/mol. The second-order valence-electron chi connectivity index (χ2n) is 7.45. The first-order valence-corrected chi connectivity index (χ1v) is 10.5. The van der Waals surface area contributed by atoms with Crippen molar-refractivity contribution in [1.29, 1.82) is 0 Å². The van der Waals surface area contributed by atoms with Crippen molar-refractivity contribution in [1.82, 2.24) is 0 Å². The van der Waals surface area contributed by atoms with E-state index in [-0.39, 0.29) is 16.7 Å². The van der Waals surface area contributed by atoms with Gasteiger partial charge in [-0.3, -0.25) is 0 Å². The predicted molar refractivity (Wildman–Crippen MR) is 84.6 cm³/mol. The van der Waals surface area contributed by atoms with Crippen LogP contribution in [0.4, 0.5) is 8.78 Å². The minimum atomic E-state index is -1.71. The molecule has 1 aliphatic carbocycles. The predicted octanol–water partition coefficient (Wildman–Crippen LogP) is 5.32. The van der Waals surface area contributed by atoms with Gasteiger partial charge in [-0.1, -0.05) is 20.8 Å². The zero-order chi connectivity index (χ0) is 15.8. The van der Waals surface area contributed by atoms with Crippen molar-refractivity contribution in [3.05, 3.63) is 41.3 Å². The standard InChI is InChI=1S/C17H25F2OSi/c1-17(2,3)21(4,5)20-9-8-12-10-14(12)15-11-13(18)6-7-16(15)19/h6-7,11-12H,8-10H2,1-5H3/t12-/m0/s1. The van der Waals surface area contributed by atoms with E-state index in [0.29, 0.717) is 18.1 Å². The molecule has 1 fully saturated rings. The number of benzene rings is 1. The Morgan fingerprint density at radius 1 is 1.24 bits per heavy atom. The summed E-state index contributed by atoms with van der Waals surface area (Å²) in [7, 11) is -1.71. The third kappa shape index (κ3) is 3.92. The summed E-state index contributed by atoms with van der Waals surface area (Å²) >= 11 is 0. The topological polar surface area (TPSA) is 9.23 Å². The van der Waals surface area contributed by atoms with E-state index in [2.05, 4.69) is 33.9 Å². The van der Waals surface area contributed by atoms with Gasteiger partial charge >= 0.3 is 0 Å². The fraction of sp³-hybridized carbons (Fsp3) is 0.588. The van der Waals surface area contributed by atoms with E-state index >= 15 is 0 Å². The third-order valence-electron chi connectivity index (χ3n) is 4.81. The lowest BCUT2D eigenvalue weighted by Crippen LogP contribution is -2.41. The van der Waals surface area contributed by atoms with Gasteiger partial charge in [-0.25, -0.2) is 8.78 Å². The third-order valence-corrected chi connectivity index (χ3v) is 9.35. The Balaban J connectivity index is 1.84. The molecule has 1 nitrogen and oxygen atoms in total. The fourth-order valence-electron chi connectivity index (χ4n) is 2.23. The molecule has 1 aromatic carbocycles. The first-order valence-electron chi connectivity index (χ1n) is 7.57. The SMILES string of the molecule is CC(C)(C)[Si](C)(C)OCC[C@H]1C[C]1c1cc(F)ccc1F. The van der Waals surface area contributed by atoms with Crippen LogP contribution in [0.15, 0.2) is 18.2 Å². The average Bonchev–Trinajstić information content (AvgIpc) is 3.10. The molecule has 4 heteroatoms. The lowest BCUT2D eigenvalue weighted by Gasteiger charge is -2.36. The second-order valence-corrected chi connectivity index (χ2v) is 12.3. The van der Waals surface area contributed by atoms with Crippen molar-refractivity contribution in [3.8, 4) is 0 Å². The maximum atomic E-state index is 13.7. The van der Waals surface area contributed by atoms with E-state index in [9.17, 15) is 8.78 Å². The normalized spacial score (nSPS) is 19.9. The number of hydrogen-bond acceptors (Lipinski definition) is 1. The molecule has 0 aliphatic heterocycles. The molecule has 0 heterocycles. The fourth-order valence-corrected chi connectivity index (χ4v) is 3.29. The molecule has 0 spiro atoms. The largest absolute Gasteiger partial charge is 0.417 e. The summed E-state index contributed by atoms with van der Waals surface area (Å²) in [4.78, 5) is 0. The molecule has 0 saturated heterocycles. The molecule has 21 heavy (non-hydrogen) atoms. The molecule has 1 radical (unpaired) electrons. The van der Waals surface area contributed by atoms with Gasteiger partial charge in [0.2, 0.25) is 0 Å². The first kappa shape index (κ1) is 16.6. The van der Waals surface area contributed by atoms with E-state index in [1.165, 1.54) is 12.1 Å². The van der Waals surface area contributed by atoms with Crippen LogP contribution in [0.1, 0.15) is 39.2 Å². The summed E-state index contributed by atoms with van der Waals surface area (Å²) in [6, 6.07) is 3.68. The van der Waals surface area contributed by atoms with Crippen LogP contribution in [0.2, 0.25) is 18.1 Å². The summed E-state index contributed by atoms with van der Waals surface area (Å²) < 4.78 is 33.0. The van der Waals surface area contributed by atoms with Gasteiger partial charge < -0.3 is 4.43 Å². The summed E-state index contributed by atoms with van der Waals surface area (Å²) in [6.45, 7) is 11.8. The molecule has 0 unspecified atom stereocenters. The van der Waals surface area contributed by atoms with E-state index < -0.39 is 8.32 Å². The van der Waals surface area contributed by atoms with E-state index in [1.54, 1.807) is 0 Å². The highest BCUT2D eigenvalue weighted by Gasteiger charge is 2.42. The minimum Gasteiger partial charge on any atom is -0.417 e. The summed E-state index contributed by atoms with van der Waals surface area (Å²) in [5.41, 5.74) is 0.451. The summed E-state index contributed by atoms with van der Waals surface area (Å²) in [5.74, 6) is 0.693. The van der Waals surface area contributed by atoms with Crippen LogP contribution in [0.5, 0.6) is 0 Å². The van der Waals surface area contributed by atoms with Crippen LogP contribution in [-0.4, -0.2) is 14.9 Å². The van der Waals surface area contributed by atoms with Gasteiger partial charge in [-0.05, 0) is 60.7 Å². The zero-order valence-corrected chi connectivity index (χ0v) is 14.6. The molecule has 0 bridgehead atoms. The highest BCUT2D eigenvalue weighted by atomic mass is 28.4. The summed E-state index contributed by atoms with van der Waals surface area (Å²) in [5, 5.41) is 0.206. The van der Waals surface area contributed by atoms with Crippen molar-refractivity contribution >= 4 is 8.32 Å². The molecular formula is C17H25F2OSi. The lowest BCUT2D eigenvalue weighted by molar-refractivity contribution is 0.276. The van der Waals surface area contributed by atoms with Crippen molar-refractivity contribution in [3.63, 3.8) is 0 Å². The van der Waals surface area contributed by atoms with Crippen LogP contribution in [0.25, 0.3) is 0 Å². The average molecular weight is 311 g/mol. The van der Waals surface area contributed by atoms with Gasteiger partial charge in [0.15, 0.2) is 8.32 Å².